The highest BCUT2D eigenvalue weighted by Gasteiger charge is 2.46. The molecular formula is C28H60BNO2Si2. The Morgan fingerprint density at radius 2 is 0.765 bits per heavy atom. The highest BCUT2D eigenvalue weighted by molar-refractivity contribution is 6.84. The lowest BCUT2D eigenvalue weighted by molar-refractivity contribution is 0.365. The first-order valence-corrected chi connectivity index (χ1v) is 19.3. The van der Waals surface area contributed by atoms with Gasteiger partial charge in [0, 0.05) is 5.92 Å². The van der Waals surface area contributed by atoms with Crippen LogP contribution in [0.1, 0.15) is 90.0 Å². The third kappa shape index (κ3) is 14.5. The van der Waals surface area contributed by atoms with E-state index in [1.807, 2.05) is 6.92 Å². The van der Waals surface area contributed by atoms with Gasteiger partial charge in [-0.3, -0.25) is 0 Å². The zero-order valence-electron chi connectivity index (χ0n) is 25.3. The highest BCUT2D eigenvalue weighted by atomic mass is 28.4. The van der Waals surface area contributed by atoms with E-state index in [1.54, 1.807) is 0 Å². The van der Waals surface area contributed by atoms with Crippen LogP contribution < -0.4 is 0 Å². The monoisotopic (exact) mass is 509 g/mol. The maximum absolute atomic E-state index is 9.71. The molecule has 0 aromatic heterocycles. The number of nitriles is 1. The van der Waals surface area contributed by atoms with Crippen molar-refractivity contribution in [2.24, 2.45) is 41.4 Å². The molecule has 0 rings (SSSR count). The molecule has 0 N–H and O–H groups in total. The van der Waals surface area contributed by atoms with E-state index in [2.05, 4.69) is 89.2 Å². The van der Waals surface area contributed by atoms with Crippen LogP contribution in [0.3, 0.4) is 0 Å². The topological polar surface area (TPSA) is 42.2 Å². The molecule has 1 unspecified atom stereocenters. The van der Waals surface area contributed by atoms with Crippen LogP contribution >= 0.6 is 0 Å². The van der Waals surface area contributed by atoms with E-state index in [1.165, 1.54) is 36.3 Å². The number of rotatable bonds is 18. The zero-order valence-corrected chi connectivity index (χ0v) is 27.3. The molecule has 0 radical (unpaired) electrons. The van der Waals surface area contributed by atoms with Crippen molar-refractivity contribution in [3.05, 3.63) is 0 Å². The molecule has 0 amide bonds. The van der Waals surface area contributed by atoms with Crippen molar-refractivity contribution in [2.75, 3.05) is 0 Å². The van der Waals surface area contributed by atoms with Crippen molar-refractivity contribution in [2.45, 2.75) is 133 Å². The average Bonchev–Trinajstić information content (AvgIpc) is 2.56. The van der Waals surface area contributed by atoms with Gasteiger partial charge in [-0.15, -0.1) is 0 Å². The van der Waals surface area contributed by atoms with E-state index < -0.39 is 16.6 Å². The van der Waals surface area contributed by atoms with Gasteiger partial charge in [-0.05, 0) is 85.0 Å². The van der Waals surface area contributed by atoms with Crippen LogP contribution in [0.25, 0.3) is 0 Å². The molecule has 200 valence electrons. The maximum Gasteiger partial charge on any atom is 0.436 e. The van der Waals surface area contributed by atoms with Gasteiger partial charge in [-0.1, -0.05) is 83.1 Å². The van der Waals surface area contributed by atoms with Crippen LogP contribution in [0.5, 0.6) is 0 Å². The van der Waals surface area contributed by atoms with E-state index in [-0.39, 0.29) is 13.0 Å². The van der Waals surface area contributed by atoms with Crippen molar-refractivity contribution in [1.82, 2.24) is 0 Å². The van der Waals surface area contributed by atoms with Crippen molar-refractivity contribution >= 4 is 23.8 Å². The van der Waals surface area contributed by atoms with Gasteiger partial charge in [0.1, 0.15) is 0 Å². The third-order valence-corrected chi connectivity index (χ3v) is 17.1. The minimum absolute atomic E-state index is 0.0577. The lowest BCUT2D eigenvalue weighted by Gasteiger charge is -2.43. The van der Waals surface area contributed by atoms with Crippen molar-refractivity contribution in [3.63, 3.8) is 0 Å². The summed E-state index contributed by atoms with van der Waals surface area (Å²) >= 11 is 0. The first-order valence-electron chi connectivity index (χ1n) is 14.3. The van der Waals surface area contributed by atoms with Gasteiger partial charge in [0.2, 0.25) is 0 Å². The van der Waals surface area contributed by atoms with Crippen LogP contribution in [-0.4, -0.2) is 23.8 Å². The Labute approximate surface area is 217 Å². The van der Waals surface area contributed by atoms with Gasteiger partial charge >= 0.3 is 7.12 Å². The highest BCUT2D eigenvalue weighted by Crippen LogP contribution is 2.38. The van der Waals surface area contributed by atoms with Crippen molar-refractivity contribution in [3.8, 4) is 6.07 Å². The fraction of sp³-hybridized carbons (Fsp3) is 0.964. The number of hydrogen-bond donors (Lipinski definition) is 0. The summed E-state index contributed by atoms with van der Waals surface area (Å²) < 4.78 is 14.7. The van der Waals surface area contributed by atoms with Gasteiger partial charge in [0.15, 0.2) is 16.6 Å². The first-order chi connectivity index (χ1) is 15.5. The van der Waals surface area contributed by atoms with Gasteiger partial charge in [-0.2, -0.15) is 5.26 Å². The number of nitrogens with zero attached hydrogens (tertiary/aromatic N) is 1. The molecule has 0 aromatic carbocycles. The van der Waals surface area contributed by atoms with E-state index in [0.29, 0.717) is 41.8 Å². The molecule has 0 saturated carbocycles. The normalized spacial score (nSPS) is 14.2. The minimum atomic E-state index is -2.06. The molecule has 0 aliphatic carbocycles. The van der Waals surface area contributed by atoms with Crippen molar-refractivity contribution in [1.29, 1.82) is 5.26 Å². The second kappa shape index (κ2) is 15.9. The molecule has 0 heterocycles. The molecule has 0 fully saturated rings. The molecule has 0 aliphatic heterocycles. The van der Waals surface area contributed by atoms with Gasteiger partial charge in [0.25, 0.3) is 0 Å². The predicted molar refractivity (Wildman–Crippen MR) is 157 cm³/mol. The Morgan fingerprint density at radius 1 is 0.529 bits per heavy atom. The van der Waals surface area contributed by atoms with E-state index in [4.69, 9.17) is 8.69 Å². The standard InChI is InChI=1S/C28H60BNO2Si2/c1-22(2)16-33(17-23(3)4,18-24(5)6)31-29(14-28(13)15-30)32-34(19-25(7)8,20-26(9)10)21-27(11)12/h22-28H,14,16-21H2,1-13H3. The Kier molecular flexibility index (Phi) is 15.9. The number of hydrogen-bond acceptors (Lipinski definition) is 3. The molecular weight excluding hydrogens is 449 g/mol. The summed E-state index contributed by atoms with van der Waals surface area (Å²) in [5, 5.41) is 9.71. The van der Waals surface area contributed by atoms with Gasteiger partial charge in [0.05, 0.1) is 6.07 Å². The molecule has 0 bridgehead atoms. The predicted octanol–water partition coefficient (Wildman–Crippen LogP) is 9.49. The zero-order chi connectivity index (χ0) is 26.7. The Bertz CT molecular complexity index is 494. The van der Waals surface area contributed by atoms with Gasteiger partial charge < -0.3 is 8.69 Å². The van der Waals surface area contributed by atoms with E-state index >= 15 is 0 Å². The van der Waals surface area contributed by atoms with Crippen LogP contribution in [0.15, 0.2) is 0 Å². The second-order valence-electron chi connectivity index (χ2n) is 13.9. The molecule has 0 spiro atoms. The fourth-order valence-corrected chi connectivity index (χ4v) is 18.3. The molecule has 0 aliphatic rings. The summed E-state index contributed by atoms with van der Waals surface area (Å²) in [5.74, 6) is 3.62. The fourth-order valence-electron chi connectivity index (χ4n) is 6.27. The molecule has 34 heavy (non-hydrogen) atoms. The third-order valence-electron chi connectivity index (χ3n) is 6.21. The van der Waals surface area contributed by atoms with Crippen LogP contribution in [0, 0.1) is 52.8 Å². The summed E-state index contributed by atoms with van der Waals surface area (Å²) in [5.41, 5.74) is 0. The Hall–Kier alpha value is -0.0913. The molecule has 0 saturated heterocycles. The average molecular weight is 510 g/mol. The summed E-state index contributed by atoms with van der Waals surface area (Å²) in [6.45, 7) is 30.1. The van der Waals surface area contributed by atoms with E-state index in [9.17, 15) is 5.26 Å². The SMILES string of the molecule is CC(C)C[Si](CC(C)C)(CC(C)C)OB(CC(C)C#N)O[Si](CC(C)C)(CC(C)C)CC(C)C. The molecule has 1 atom stereocenters. The van der Waals surface area contributed by atoms with Crippen LogP contribution in [0.4, 0.5) is 0 Å². The quantitative estimate of drug-likeness (QED) is 0.173. The first kappa shape index (κ1) is 33.9. The summed E-state index contributed by atoms with van der Waals surface area (Å²) in [7, 11) is -4.35. The van der Waals surface area contributed by atoms with Gasteiger partial charge in [-0.25, -0.2) is 0 Å². The largest absolute Gasteiger partial charge is 0.453 e. The van der Waals surface area contributed by atoms with E-state index in [0.717, 1.165) is 0 Å². The summed E-state index contributed by atoms with van der Waals surface area (Å²) in [4.78, 5) is 0. The van der Waals surface area contributed by atoms with Crippen molar-refractivity contribution < 1.29 is 8.69 Å². The second-order valence-corrected chi connectivity index (χ2v) is 21.5. The summed E-state index contributed by atoms with van der Waals surface area (Å²) in [6, 6.07) is 9.55. The lowest BCUT2D eigenvalue weighted by Crippen LogP contribution is -2.53. The lowest BCUT2D eigenvalue weighted by atomic mass is 9.80. The Balaban J connectivity index is 6.45. The molecule has 3 nitrogen and oxygen atoms in total. The molecule has 6 heteroatoms. The smallest absolute Gasteiger partial charge is 0.436 e. The summed E-state index contributed by atoms with van der Waals surface area (Å²) in [6.07, 6.45) is 0.697. The van der Waals surface area contributed by atoms with Crippen LogP contribution in [0.2, 0.25) is 42.6 Å². The van der Waals surface area contributed by atoms with Crippen LogP contribution in [-0.2, 0) is 8.69 Å². The minimum Gasteiger partial charge on any atom is -0.453 e. The molecule has 0 aromatic rings. The Morgan fingerprint density at radius 3 is 0.941 bits per heavy atom. The maximum atomic E-state index is 9.71.